The van der Waals surface area contributed by atoms with Crippen molar-refractivity contribution in [3.05, 3.63) is 40.6 Å². The maximum absolute atomic E-state index is 12.2. The molecule has 0 spiro atoms. The fourth-order valence-corrected chi connectivity index (χ4v) is 4.77. The zero-order chi connectivity index (χ0) is 18.1. The minimum atomic E-state index is -3.56. The van der Waals surface area contributed by atoms with Gasteiger partial charge in [-0.15, -0.1) is 0 Å². The Morgan fingerprint density at radius 3 is 2.25 bits per heavy atom. The van der Waals surface area contributed by atoms with Crippen molar-refractivity contribution in [3.8, 4) is 0 Å². The van der Waals surface area contributed by atoms with Crippen LogP contribution in [0.2, 0.25) is 0 Å². The number of rotatable bonds is 6. The summed E-state index contributed by atoms with van der Waals surface area (Å²) in [6.45, 7) is 2.01. The molecule has 0 radical (unpaired) electrons. The Hall–Kier alpha value is -1.38. The lowest BCUT2D eigenvalue weighted by Crippen LogP contribution is -2.31. The number of sulfone groups is 2. The molecule has 0 N–H and O–H groups in total. The Balaban J connectivity index is 2.45. The van der Waals surface area contributed by atoms with Crippen molar-refractivity contribution in [1.29, 1.82) is 0 Å². The first-order valence-corrected chi connectivity index (χ1v) is 12.0. The molecule has 2 aromatic rings. The van der Waals surface area contributed by atoms with Crippen LogP contribution in [-0.4, -0.2) is 42.4 Å². The van der Waals surface area contributed by atoms with E-state index in [2.05, 4.69) is 5.38 Å². The van der Waals surface area contributed by atoms with Crippen molar-refractivity contribution in [1.82, 2.24) is 0 Å². The largest absolute Gasteiger partial charge is 0.371 e. The molecule has 0 bridgehead atoms. The van der Waals surface area contributed by atoms with Gasteiger partial charge >= 0.3 is 0 Å². The summed E-state index contributed by atoms with van der Waals surface area (Å²) in [4.78, 5) is 1.91. The van der Waals surface area contributed by atoms with E-state index in [0.717, 1.165) is 18.9 Å². The van der Waals surface area contributed by atoms with E-state index in [9.17, 15) is 16.8 Å². The molecule has 1 aromatic heterocycles. The van der Waals surface area contributed by atoms with Crippen LogP contribution in [0.3, 0.4) is 0 Å². The first kappa shape index (κ1) is 19.0. The van der Waals surface area contributed by atoms with E-state index in [1.807, 2.05) is 30.3 Å². The van der Waals surface area contributed by atoms with Crippen LogP contribution in [0.4, 0.5) is 5.69 Å². The van der Waals surface area contributed by atoms with Gasteiger partial charge < -0.3 is 4.90 Å². The fourth-order valence-electron chi connectivity index (χ4n) is 2.44. The van der Waals surface area contributed by atoms with Crippen LogP contribution in [-0.2, 0) is 26.1 Å². The number of anilines is 1. The number of hydrogen-bond donors (Lipinski definition) is 0. The Morgan fingerprint density at radius 1 is 1.08 bits per heavy atom. The zero-order valence-electron chi connectivity index (χ0n) is 14.1. The monoisotopic (exact) mass is 387 g/mol. The first-order chi connectivity index (χ1) is 11.0. The van der Waals surface area contributed by atoms with Crippen molar-refractivity contribution in [2.45, 2.75) is 29.2 Å². The SMILES string of the molecule is CC(Cc1ccsc1)N(C)c1ccc(S(C)(=O)=O)cc1S(C)(=O)=O. The highest BCUT2D eigenvalue weighted by Crippen LogP contribution is 2.29. The third kappa shape index (κ3) is 4.37. The van der Waals surface area contributed by atoms with Gasteiger partial charge in [0.05, 0.1) is 15.5 Å². The highest BCUT2D eigenvalue weighted by atomic mass is 32.2. The van der Waals surface area contributed by atoms with Crippen molar-refractivity contribution < 1.29 is 16.8 Å². The van der Waals surface area contributed by atoms with Crippen LogP contribution in [0.5, 0.6) is 0 Å². The lowest BCUT2D eigenvalue weighted by atomic mass is 10.1. The molecule has 1 unspecified atom stereocenters. The lowest BCUT2D eigenvalue weighted by Gasteiger charge is -2.28. The number of nitrogens with zero attached hydrogens (tertiary/aromatic N) is 1. The third-order valence-corrected chi connectivity index (χ3v) is 6.88. The molecule has 5 nitrogen and oxygen atoms in total. The minimum Gasteiger partial charge on any atom is -0.371 e. The maximum Gasteiger partial charge on any atom is 0.177 e. The molecule has 0 fully saturated rings. The second-order valence-corrected chi connectivity index (χ2v) is 10.7. The maximum atomic E-state index is 12.2. The van der Waals surface area contributed by atoms with E-state index < -0.39 is 19.7 Å². The third-order valence-electron chi connectivity index (χ3n) is 3.91. The van der Waals surface area contributed by atoms with Crippen LogP contribution in [0, 0.1) is 0 Å². The molecule has 0 saturated heterocycles. The van der Waals surface area contributed by atoms with Gasteiger partial charge in [-0.2, -0.15) is 11.3 Å². The molecule has 132 valence electrons. The number of benzene rings is 1. The van der Waals surface area contributed by atoms with Gasteiger partial charge in [-0.25, -0.2) is 16.8 Å². The number of hydrogen-bond acceptors (Lipinski definition) is 6. The van der Waals surface area contributed by atoms with Crippen LogP contribution >= 0.6 is 11.3 Å². The van der Waals surface area contributed by atoms with Crippen LogP contribution in [0.15, 0.2) is 44.8 Å². The van der Waals surface area contributed by atoms with Gasteiger partial charge in [0.15, 0.2) is 19.7 Å². The van der Waals surface area contributed by atoms with E-state index in [1.54, 1.807) is 17.4 Å². The molecule has 0 aliphatic rings. The van der Waals surface area contributed by atoms with Crippen LogP contribution < -0.4 is 4.90 Å². The Labute approximate surface area is 147 Å². The summed E-state index contributed by atoms with van der Waals surface area (Å²) in [5.74, 6) is 0. The molecule has 0 amide bonds. The molecule has 0 saturated carbocycles. The van der Waals surface area contributed by atoms with Crippen molar-refractivity contribution in [2.24, 2.45) is 0 Å². The van der Waals surface area contributed by atoms with Crippen molar-refractivity contribution >= 4 is 36.7 Å². The zero-order valence-corrected chi connectivity index (χ0v) is 16.5. The van der Waals surface area contributed by atoms with Gasteiger partial charge in [-0.3, -0.25) is 0 Å². The van der Waals surface area contributed by atoms with E-state index >= 15 is 0 Å². The highest BCUT2D eigenvalue weighted by Gasteiger charge is 2.22. The van der Waals surface area contributed by atoms with Crippen molar-refractivity contribution in [3.63, 3.8) is 0 Å². The summed E-state index contributed by atoms with van der Waals surface area (Å²) in [5, 5.41) is 4.07. The summed E-state index contributed by atoms with van der Waals surface area (Å²) in [5.41, 5.74) is 1.70. The topological polar surface area (TPSA) is 71.5 Å². The minimum absolute atomic E-state index is 0.00515. The molecule has 24 heavy (non-hydrogen) atoms. The average molecular weight is 388 g/mol. The first-order valence-electron chi connectivity index (χ1n) is 7.28. The van der Waals surface area contributed by atoms with Crippen molar-refractivity contribution in [2.75, 3.05) is 24.5 Å². The van der Waals surface area contributed by atoms with Crippen LogP contribution in [0.25, 0.3) is 0 Å². The van der Waals surface area contributed by atoms with Gasteiger partial charge in [0.25, 0.3) is 0 Å². The van der Waals surface area contributed by atoms with E-state index in [1.165, 1.54) is 17.7 Å². The summed E-state index contributed by atoms with van der Waals surface area (Å²) in [7, 11) is -5.21. The molecule has 2 rings (SSSR count). The van der Waals surface area contributed by atoms with E-state index in [4.69, 9.17) is 0 Å². The Bertz CT molecular complexity index is 916. The van der Waals surface area contributed by atoms with Gasteiger partial charge in [-0.05, 0) is 53.9 Å². The molecular formula is C16H21NO4S3. The average Bonchev–Trinajstić information content (AvgIpc) is 2.96. The molecule has 1 aromatic carbocycles. The van der Waals surface area contributed by atoms with Gasteiger partial charge in [0.1, 0.15) is 0 Å². The molecule has 0 aliphatic carbocycles. The standard InChI is InChI=1S/C16H21NO4S3/c1-12(9-13-7-8-22-11-13)17(2)15-6-5-14(23(3,18)19)10-16(15)24(4,20)21/h5-8,10-12H,9H2,1-4H3. The second-order valence-electron chi connectivity index (χ2n) is 5.97. The summed E-state index contributed by atoms with van der Waals surface area (Å²) >= 11 is 1.62. The molecule has 0 aliphatic heterocycles. The van der Waals surface area contributed by atoms with E-state index in [-0.39, 0.29) is 15.8 Å². The second kappa shape index (κ2) is 6.85. The summed E-state index contributed by atoms with van der Waals surface area (Å²) in [6.07, 6.45) is 2.93. The number of thiophene rings is 1. The Morgan fingerprint density at radius 2 is 1.75 bits per heavy atom. The van der Waals surface area contributed by atoms with Gasteiger partial charge in [-0.1, -0.05) is 0 Å². The quantitative estimate of drug-likeness (QED) is 0.762. The van der Waals surface area contributed by atoms with Gasteiger partial charge in [0.2, 0.25) is 0 Å². The predicted octanol–water partition coefficient (Wildman–Crippen LogP) is 2.62. The lowest BCUT2D eigenvalue weighted by molar-refractivity contribution is 0.599. The molecule has 1 atom stereocenters. The summed E-state index contributed by atoms with van der Waals surface area (Å²) < 4.78 is 47.8. The van der Waals surface area contributed by atoms with Crippen LogP contribution in [0.1, 0.15) is 12.5 Å². The predicted molar refractivity (Wildman–Crippen MR) is 98.5 cm³/mol. The smallest absolute Gasteiger partial charge is 0.177 e. The normalized spacial score (nSPS) is 13.7. The van der Waals surface area contributed by atoms with Gasteiger partial charge in [0, 0.05) is 25.6 Å². The molecular weight excluding hydrogens is 366 g/mol. The Kier molecular flexibility index (Phi) is 5.41. The highest BCUT2D eigenvalue weighted by molar-refractivity contribution is 7.91. The fraction of sp³-hybridized carbons (Fsp3) is 0.375. The van der Waals surface area contributed by atoms with E-state index in [0.29, 0.717) is 5.69 Å². The number of likely N-dealkylation sites (N-methyl/N-ethyl adjacent to an activating group) is 1. The molecule has 8 heteroatoms. The molecule has 1 heterocycles. The summed E-state index contributed by atoms with van der Waals surface area (Å²) in [6, 6.07) is 6.36.